The van der Waals surface area contributed by atoms with Crippen LogP contribution in [0.5, 0.6) is 11.5 Å². The molecule has 9 nitrogen and oxygen atoms in total. The number of sulfone groups is 1. The molecule has 0 unspecified atom stereocenters. The lowest BCUT2D eigenvalue weighted by Crippen LogP contribution is -2.35. The number of hydrogen-bond acceptors (Lipinski definition) is 8. The van der Waals surface area contributed by atoms with Crippen LogP contribution >= 0.6 is 11.8 Å². The van der Waals surface area contributed by atoms with Crippen molar-refractivity contribution in [3.8, 4) is 11.5 Å². The third kappa shape index (κ3) is 5.20. The third-order valence-electron chi connectivity index (χ3n) is 5.04. The van der Waals surface area contributed by atoms with Crippen LogP contribution in [0.4, 0.5) is 0 Å². The van der Waals surface area contributed by atoms with Gasteiger partial charge in [-0.3, -0.25) is 10.2 Å². The lowest BCUT2D eigenvalue weighted by molar-refractivity contribution is -0.114. The highest BCUT2D eigenvalue weighted by Crippen LogP contribution is 2.30. The molecular weight excluding hydrogens is 476 g/mol. The van der Waals surface area contributed by atoms with Gasteiger partial charge in [0.15, 0.2) is 5.84 Å². The molecule has 0 spiro atoms. The minimum absolute atomic E-state index is 0.0123. The zero-order valence-electron chi connectivity index (χ0n) is 18.7. The van der Waals surface area contributed by atoms with Gasteiger partial charge in [-0.15, -0.1) is 5.10 Å². The predicted molar refractivity (Wildman–Crippen MR) is 133 cm³/mol. The van der Waals surface area contributed by atoms with Crippen molar-refractivity contribution in [1.82, 2.24) is 5.01 Å². The van der Waals surface area contributed by atoms with E-state index < -0.39 is 15.7 Å². The SMILES string of the molecule is Cc1ccc(OCCOc2ccc(/C=C3\C(=N)N4N=C(S(C)(=O)=O)SC4=NC3=O)cc2)cc1C. The lowest BCUT2D eigenvalue weighted by Gasteiger charge is -2.20. The molecule has 0 aromatic heterocycles. The van der Waals surface area contributed by atoms with Crippen molar-refractivity contribution in [2.45, 2.75) is 13.8 Å². The molecular formula is C23H22N4O5S2. The van der Waals surface area contributed by atoms with E-state index in [9.17, 15) is 13.2 Å². The quantitative estimate of drug-likeness (QED) is 0.479. The van der Waals surface area contributed by atoms with Crippen LogP contribution in [0.25, 0.3) is 6.08 Å². The van der Waals surface area contributed by atoms with Gasteiger partial charge in [-0.25, -0.2) is 8.42 Å². The molecule has 0 atom stereocenters. The van der Waals surface area contributed by atoms with E-state index in [0.29, 0.717) is 24.5 Å². The molecule has 2 aliphatic heterocycles. The third-order valence-corrected chi connectivity index (χ3v) is 7.62. The second-order valence-electron chi connectivity index (χ2n) is 7.67. The summed E-state index contributed by atoms with van der Waals surface area (Å²) in [6.45, 7) is 4.84. The summed E-state index contributed by atoms with van der Waals surface area (Å²) >= 11 is 0.751. The summed E-state index contributed by atoms with van der Waals surface area (Å²) in [5, 5.41) is 13.3. The van der Waals surface area contributed by atoms with Crippen molar-refractivity contribution in [3.63, 3.8) is 0 Å². The predicted octanol–water partition coefficient (Wildman–Crippen LogP) is 3.38. The van der Waals surface area contributed by atoms with Crippen LogP contribution in [0.3, 0.4) is 0 Å². The van der Waals surface area contributed by atoms with E-state index in [1.807, 2.05) is 32.0 Å². The Morgan fingerprint density at radius 1 is 1.03 bits per heavy atom. The molecule has 4 rings (SSSR count). The fraction of sp³-hybridized carbons (Fsp3) is 0.217. The van der Waals surface area contributed by atoms with E-state index in [0.717, 1.165) is 28.8 Å². The van der Waals surface area contributed by atoms with Crippen LogP contribution in [0.15, 0.2) is 58.1 Å². The van der Waals surface area contributed by atoms with E-state index in [2.05, 4.69) is 10.1 Å². The van der Waals surface area contributed by atoms with Crippen molar-refractivity contribution in [2.75, 3.05) is 19.5 Å². The molecule has 1 N–H and O–H groups in total. The van der Waals surface area contributed by atoms with Crippen molar-refractivity contribution in [2.24, 2.45) is 10.1 Å². The second kappa shape index (κ2) is 9.43. The zero-order valence-corrected chi connectivity index (χ0v) is 20.4. The number of hydrogen-bond donors (Lipinski definition) is 1. The summed E-state index contributed by atoms with van der Waals surface area (Å²) in [7, 11) is -3.57. The largest absolute Gasteiger partial charge is 0.490 e. The first-order valence-corrected chi connectivity index (χ1v) is 13.0. The average Bonchev–Trinajstić information content (AvgIpc) is 3.22. The summed E-state index contributed by atoms with van der Waals surface area (Å²) in [6, 6.07) is 12.9. The minimum Gasteiger partial charge on any atom is -0.490 e. The lowest BCUT2D eigenvalue weighted by atomic mass is 10.1. The van der Waals surface area contributed by atoms with Gasteiger partial charge in [-0.05, 0) is 72.6 Å². The maximum atomic E-state index is 12.4. The summed E-state index contributed by atoms with van der Waals surface area (Å²) in [5.41, 5.74) is 3.05. The Bertz CT molecular complexity index is 1360. The highest BCUT2D eigenvalue weighted by atomic mass is 32.3. The Kier molecular flexibility index (Phi) is 6.58. The van der Waals surface area contributed by atoms with Crippen LogP contribution < -0.4 is 9.47 Å². The number of aryl methyl sites for hydroxylation is 2. The number of nitrogens with one attached hydrogen (secondary N) is 1. The molecule has 0 saturated carbocycles. The van der Waals surface area contributed by atoms with Crippen LogP contribution in [-0.2, 0) is 14.6 Å². The molecule has 2 aliphatic rings. The van der Waals surface area contributed by atoms with Gasteiger partial charge in [0.1, 0.15) is 24.7 Å². The molecule has 2 heterocycles. The number of aliphatic imine (C=N–C) groups is 1. The molecule has 0 saturated heterocycles. The molecule has 1 amide bonds. The number of carbonyl (C=O) groups excluding carboxylic acids is 1. The molecule has 0 radical (unpaired) electrons. The van der Waals surface area contributed by atoms with Gasteiger partial charge in [0.2, 0.25) is 19.4 Å². The smallest absolute Gasteiger partial charge is 0.283 e. The molecule has 0 bridgehead atoms. The van der Waals surface area contributed by atoms with E-state index >= 15 is 0 Å². The number of benzene rings is 2. The normalized spacial score (nSPS) is 16.9. The average molecular weight is 499 g/mol. The molecule has 0 aliphatic carbocycles. The van der Waals surface area contributed by atoms with Crippen molar-refractivity contribution < 1.29 is 22.7 Å². The summed E-state index contributed by atoms with van der Waals surface area (Å²) in [5.74, 6) is 0.570. The number of amidine groups is 2. The van der Waals surface area contributed by atoms with Crippen LogP contribution in [0, 0.1) is 19.3 Å². The maximum absolute atomic E-state index is 12.4. The van der Waals surface area contributed by atoms with Gasteiger partial charge in [0, 0.05) is 6.26 Å². The number of thioether (sulfide) groups is 1. The van der Waals surface area contributed by atoms with Gasteiger partial charge in [0.25, 0.3) is 5.91 Å². The first-order valence-electron chi connectivity index (χ1n) is 10.2. The van der Waals surface area contributed by atoms with E-state index in [1.54, 1.807) is 24.3 Å². The summed E-state index contributed by atoms with van der Waals surface area (Å²) < 4.78 is 34.7. The van der Waals surface area contributed by atoms with Crippen LogP contribution in [0.2, 0.25) is 0 Å². The van der Waals surface area contributed by atoms with Gasteiger partial charge in [-0.1, -0.05) is 18.2 Å². The van der Waals surface area contributed by atoms with Crippen molar-refractivity contribution in [1.29, 1.82) is 5.41 Å². The Balaban J connectivity index is 1.38. The van der Waals surface area contributed by atoms with Gasteiger partial charge < -0.3 is 9.47 Å². The van der Waals surface area contributed by atoms with Gasteiger partial charge in [-0.2, -0.15) is 10.0 Å². The summed E-state index contributed by atoms with van der Waals surface area (Å²) in [4.78, 5) is 16.3. The number of nitrogens with zero attached hydrogens (tertiary/aromatic N) is 3. The Morgan fingerprint density at radius 3 is 2.32 bits per heavy atom. The standard InChI is InChI=1S/C23H22N4O5S2/c1-14-4-7-18(12-15(14)2)32-11-10-31-17-8-5-16(6-9-17)13-19-20(24)27-22(25-21(19)28)33-23(26-27)34(3,29)30/h4-9,12-13,24H,10-11H2,1-3H3/b19-13+,24-20?. The fourth-order valence-corrected chi connectivity index (χ4v) is 4.76. The summed E-state index contributed by atoms with van der Waals surface area (Å²) in [6.07, 6.45) is 2.52. The van der Waals surface area contributed by atoms with Crippen LogP contribution in [0.1, 0.15) is 16.7 Å². The van der Waals surface area contributed by atoms with E-state index in [1.165, 1.54) is 17.2 Å². The number of hydrazone groups is 1. The molecule has 34 heavy (non-hydrogen) atoms. The number of carbonyl (C=O) groups is 1. The first-order chi connectivity index (χ1) is 16.1. The number of ether oxygens (including phenoxy) is 2. The molecule has 2 aromatic rings. The van der Waals surface area contributed by atoms with Gasteiger partial charge >= 0.3 is 0 Å². The molecule has 11 heteroatoms. The molecule has 176 valence electrons. The number of rotatable bonds is 6. The topological polar surface area (TPSA) is 121 Å². The Morgan fingerprint density at radius 2 is 1.68 bits per heavy atom. The number of fused-ring (bicyclic) bond motifs is 1. The highest BCUT2D eigenvalue weighted by Gasteiger charge is 2.38. The maximum Gasteiger partial charge on any atom is 0.283 e. The Hall–Kier alpha value is -3.44. The second-order valence-corrected chi connectivity index (χ2v) is 10.8. The van der Waals surface area contributed by atoms with Gasteiger partial charge in [0.05, 0.1) is 5.57 Å². The van der Waals surface area contributed by atoms with E-state index in [4.69, 9.17) is 14.9 Å². The Labute approximate surface area is 201 Å². The van der Waals surface area contributed by atoms with Crippen molar-refractivity contribution >= 4 is 49.0 Å². The van der Waals surface area contributed by atoms with E-state index in [-0.39, 0.29) is 21.0 Å². The molecule has 0 fully saturated rings. The highest BCUT2D eigenvalue weighted by molar-refractivity contribution is 8.42. The first kappa shape index (κ1) is 23.7. The fourth-order valence-electron chi connectivity index (χ4n) is 3.07. The number of amides is 1. The minimum atomic E-state index is -3.57. The molecule has 2 aromatic carbocycles. The zero-order chi connectivity index (χ0) is 24.5. The van der Waals surface area contributed by atoms with Crippen molar-refractivity contribution in [3.05, 3.63) is 64.7 Å². The monoisotopic (exact) mass is 498 g/mol. The van der Waals surface area contributed by atoms with Crippen LogP contribution in [-0.4, -0.2) is 54.2 Å².